The van der Waals surface area contributed by atoms with Gasteiger partial charge < -0.3 is 20.7 Å². The summed E-state index contributed by atoms with van der Waals surface area (Å²) in [7, 11) is -3.83. The number of hydrogen-bond acceptors (Lipinski definition) is 9. The summed E-state index contributed by atoms with van der Waals surface area (Å²) in [6, 6.07) is 27.4. The Morgan fingerprint density at radius 3 is 2.27 bits per heavy atom. The number of ether oxygens (including phenoxy) is 1. The van der Waals surface area contributed by atoms with Gasteiger partial charge in [0, 0.05) is 36.7 Å². The lowest BCUT2D eigenvalue weighted by molar-refractivity contribution is -0.130. The Balaban J connectivity index is 1.17. The number of aromatic amines is 1. The zero-order valence-corrected chi connectivity index (χ0v) is 34.4. The Morgan fingerprint density at radius 2 is 1.59 bits per heavy atom. The lowest BCUT2D eigenvalue weighted by Gasteiger charge is -2.29. The fourth-order valence-corrected chi connectivity index (χ4v) is 8.05. The molecular formula is C44H50N6O8S. The highest BCUT2D eigenvalue weighted by Gasteiger charge is 2.30. The lowest BCUT2D eigenvalue weighted by Crippen LogP contribution is -2.48. The Labute approximate surface area is 343 Å². The summed E-state index contributed by atoms with van der Waals surface area (Å²) in [5.74, 6) is -1.23. The summed E-state index contributed by atoms with van der Waals surface area (Å²) < 4.78 is 39.3. The van der Waals surface area contributed by atoms with Crippen molar-refractivity contribution in [2.45, 2.75) is 82.9 Å². The van der Waals surface area contributed by atoms with Crippen LogP contribution in [0.2, 0.25) is 0 Å². The first kappa shape index (κ1) is 42.5. The molecular weight excluding hydrogens is 773 g/mol. The van der Waals surface area contributed by atoms with Crippen molar-refractivity contribution in [3.05, 3.63) is 124 Å². The molecule has 5 N–H and O–H groups in total. The normalized spacial score (nSPS) is 16.1. The third-order valence-corrected chi connectivity index (χ3v) is 11.6. The van der Waals surface area contributed by atoms with Gasteiger partial charge in [-0.25, -0.2) is 22.7 Å². The van der Waals surface area contributed by atoms with Crippen LogP contribution in [-0.2, 0) is 37.3 Å². The molecule has 0 saturated heterocycles. The summed E-state index contributed by atoms with van der Waals surface area (Å²) in [4.78, 5) is 54.0. The van der Waals surface area contributed by atoms with E-state index in [0.717, 1.165) is 35.1 Å². The number of H-pyrrole nitrogens is 1. The minimum atomic E-state index is -3.83. The molecule has 1 fully saturated rings. The summed E-state index contributed by atoms with van der Waals surface area (Å²) in [6.07, 6.45) is 2.33. The van der Waals surface area contributed by atoms with E-state index in [1.54, 1.807) is 42.5 Å². The van der Waals surface area contributed by atoms with Crippen molar-refractivity contribution in [3.63, 3.8) is 0 Å². The SMILES string of the molecule is Cc1ccc(S(=O)(=O)NCc2ccccc2)cc1-c1cccc(C[C@H](NC(=O)[C@H]2CC[C@H](CNC(=O)OC(C)(C)C)CC2)C(=O)Nc2ccc(-c3noc(=O)[nH]3)cc2)c1. The van der Waals surface area contributed by atoms with Gasteiger partial charge in [0.1, 0.15) is 11.6 Å². The van der Waals surface area contributed by atoms with Crippen LogP contribution in [0, 0.1) is 18.8 Å². The molecule has 1 saturated carbocycles. The molecule has 14 nitrogen and oxygen atoms in total. The molecule has 4 aromatic carbocycles. The highest BCUT2D eigenvalue weighted by molar-refractivity contribution is 7.89. The van der Waals surface area contributed by atoms with Gasteiger partial charge in [-0.3, -0.25) is 19.1 Å². The summed E-state index contributed by atoms with van der Waals surface area (Å²) in [6.45, 7) is 7.93. The van der Waals surface area contributed by atoms with Crippen LogP contribution in [0.1, 0.15) is 63.1 Å². The second kappa shape index (κ2) is 18.7. The number of aromatic nitrogens is 2. The third kappa shape index (κ3) is 12.0. The van der Waals surface area contributed by atoms with E-state index in [1.807, 2.05) is 82.3 Å². The Kier molecular flexibility index (Phi) is 13.5. The first-order chi connectivity index (χ1) is 28.1. The molecule has 6 rings (SSSR count). The molecule has 0 unspecified atom stereocenters. The van der Waals surface area contributed by atoms with E-state index in [9.17, 15) is 27.6 Å². The Bertz CT molecular complexity index is 2420. The number of sulfonamides is 1. The van der Waals surface area contributed by atoms with Crippen LogP contribution in [0.25, 0.3) is 22.5 Å². The highest BCUT2D eigenvalue weighted by Crippen LogP contribution is 2.30. The Morgan fingerprint density at radius 1 is 0.881 bits per heavy atom. The zero-order chi connectivity index (χ0) is 42.2. The van der Waals surface area contributed by atoms with Crippen LogP contribution in [-0.4, -0.2) is 54.7 Å². The van der Waals surface area contributed by atoms with Gasteiger partial charge in [0.2, 0.25) is 21.8 Å². The van der Waals surface area contributed by atoms with Gasteiger partial charge in [0.15, 0.2) is 5.82 Å². The van der Waals surface area contributed by atoms with Gasteiger partial charge in [-0.05, 0) is 124 Å². The largest absolute Gasteiger partial charge is 0.444 e. The maximum atomic E-state index is 14.0. The van der Waals surface area contributed by atoms with E-state index in [4.69, 9.17) is 4.74 Å². The predicted octanol–water partition coefficient (Wildman–Crippen LogP) is 6.48. The van der Waals surface area contributed by atoms with Gasteiger partial charge in [-0.1, -0.05) is 65.8 Å². The second-order valence-electron chi connectivity index (χ2n) is 15.9. The van der Waals surface area contributed by atoms with Gasteiger partial charge in [0.25, 0.3) is 0 Å². The molecule has 1 aromatic heterocycles. The number of rotatable bonds is 14. The van der Waals surface area contributed by atoms with Crippen molar-refractivity contribution < 1.29 is 32.1 Å². The van der Waals surface area contributed by atoms with Crippen LogP contribution in [0.4, 0.5) is 10.5 Å². The number of alkyl carbamates (subject to hydrolysis) is 1. The topological polar surface area (TPSA) is 202 Å². The predicted molar refractivity (Wildman–Crippen MR) is 224 cm³/mol. The minimum Gasteiger partial charge on any atom is -0.444 e. The average Bonchev–Trinajstić information content (AvgIpc) is 3.65. The standard InChI is InChI=1S/C44H50N6O8S/c1-28-13-22-36(59(55,56)46-27-29-9-6-5-7-10-29)25-37(28)34-12-8-11-31(23-34)24-38(41(52)47-35-20-18-32(19-21-35)39-49-43(54)58-50-39)48-40(51)33-16-14-30(15-17-33)26-45-42(53)57-44(2,3)4/h5-13,18-23,25,30,33,38,46H,14-17,24,26-27H2,1-4H3,(H,45,53)(H,47,52)(H,48,51)(H,49,50,54)/t30-,33-,38-/m0/s1. The number of nitrogens with zero attached hydrogens (tertiary/aromatic N) is 1. The van der Waals surface area contributed by atoms with E-state index in [-0.39, 0.29) is 41.4 Å². The molecule has 0 bridgehead atoms. The van der Waals surface area contributed by atoms with Gasteiger partial charge >= 0.3 is 11.8 Å². The smallest absolute Gasteiger partial charge is 0.439 e. The molecule has 0 spiro atoms. The molecule has 59 heavy (non-hydrogen) atoms. The molecule has 310 valence electrons. The molecule has 3 amide bonds. The van der Waals surface area contributed by atoms with Crippen LogP contribution < -0.4 is 26.4 Å². The zero-order valence-electron chi connectivity index (χ0n) is 33.5. The minimum absolute atomic E-state index is 0.125. The molecule has 1 heterocycles. The average molecular weight is 823 g/mol. The summed E-state index contributed by atoms with van der Waals surface area (Å²) in [5, 5.41) is 12.5. The number of amides is 3. The lowest BCUT2D eigenvalue weighted by atomic mass is 9.81. The number of hydrogen-bond donors (Lipinski definition) is 5. The maximum absolute atomic E-state index is 14.0. The maximum Gasteiger partial charge on any atom is 0.439 e. The van der Waals surface area contributed by atoms with Gasteiger partial charge in [0.05, 0.1) is 4.90 Å². The van der Waals surface area contributed by atoms with Crippen molar-refractivity contribution in [2.75, 3.05) is 11.9 Å². The first-order valence-electron chi connectivity index (χ1n) is 19.6. The van der Waals surface area contributed by atoms with Gasteiger partial charge in [-0.2, -0.15) is 0 Å². The molecule has 1 aliphatic rings. The van der Waals surface area contributed by atoms with E-state index in [0.29, 0.717) is 36.2 Å². The van der Waals surface area contributed by atoms with Crippen LogP contribution in [0.5, 0.6) is 0 Å². The van der Waals surface area contributed by atoms with Gasteiger partial charge in [-0.15, -0.1) is 0 Å². The number of aryl methyl sites for hydroxylation is 1. The van der Waals surface area contributed by atoms with E-state index in [1.165, 1.54) is 0 Å². The molecule has 0 radical (unpaired) electrons. The van der Waals surface area contributed by atoms with E-state index in [2.05, 4.69) is 35.3 Å². The number of carbonyl (C=O) groups is 3. The molecule has 0 aliphatic heterocycles. The molecule has 1 aliphatic carbocycles. The fourth-order valence-electron chi connectivity index (χ4n) is 7.00. The quantitative estimate of drug-likeness (QED) is 0.0831. The van der Waals surface area contributed by atoms with Crippen molar-refractivity contribution >= 4 is 33.6 Å². The van der Waals surface area contributed by atoms with Crippen LogP contribution >= 0.6 is 0 Å². The van der Waals surface area contributed by atoms with Crippen molar-refractivity contribution in [1.82, 2.24) is 25.5 Å². The molecule has 1 atom stereocenters. The highest BCUT2D eigenvalue weighted by atomic mass is 32.2. The molecule has 5 aromatic rings. The number of benzene rings is 4. The monoisotopic (exact) mass is 822 g/mol. The Hall–Kier alpha value is -6.06. The number of nitrogens with one attached hydrogen (secondary N) is 5. The number of anilines is 1. The third-order valence-electron chi connectivity index (χ3n) is 10.2. The molecule has 15 heteroatoms. The second-order valence-corrected chi connectivity index (χ2v) is 17.6. The summed E-state index contributed by atoms with van der Waals surface area (Å²) in [5.41, 5.74) is 4.36. The van der Waals surface area contributed by atoms with E-state index < -0.39 is 39.4 Å². The van der Waals surface area contributed by atoms with Crippen molar-refractivity contribution in [2.24, 2.45) is 11.8 Å². The van der Waals surface area contributed by atoms with Crippen LogP contribution in [0.3, 0.4) is 0 Å². The van der Waals surface area contributed by atoms with Crippen molar-refractivity contribution in [1.29, 1.82) is 0 Å². The fraction of sp³-hybridized carbons (Fsp3) is 0.341. The summed E-state index contributed by atoms with van der Waals surface area (Å²) >= 11 is 0. The number of carbonyl (C=O) groups excluding carboxylic acids is 3. The van der Waals surface area contributed by atoms with Crippen LogP contribution in [0.15, 0.2) is 111 Å². The first-order valence-corrected chi connectivity index (χ1v) is 21.1. The van der Waals surface area contributed by atoms with Crippen molar-refractivity contribution in [3.8, 4) is 22.5 Å². The van der Waals surface area contributed by atoms with E-state index >= 15 is 0 Å².